The van der Waals surface area contributed by atoms with Crippen LogP contribution < -0.4 is 20.8 Å². The Hall–Kier alpha value is -2.17. The molecular weight excluding hydrogens is 377 g/mol. The molecule has 0 saturated heterocycles. The van der Waals surface area contributed by atoms with E-state index >= 15 is 0 Å². The van der Waals surface area contributed by atoms with Gasteiger partial charge >= 0.3 is 0 Å². The Morgan fingerprint density at radius 3 is 2.68 bits per heavy atom. The van der Waals surface area contributed by atoms with E-state index in [4.69, 9.17) is 0 Å². The summed E-state index contributed by atoms with van der Waals surface area (Å²) < 4.78 is 27.6. The van der Waals surface area contributed by atoms with E-state index in [0.29, 0.717) is 29.9 Å². The molecule has 4 N–H and O–H groups in total. The van der Waals surface area contributed by atoms with E-state index in [-0.39, 0.29) is 17.5 Å². The molecular formula is C18H28BN5O3S. The molecule has 0 bridgehead atoms. The summed E-state index contributed by atoms with van der Waals surface area (Å²) in [5, 5.41) is 15.3. The minimum absolute atomic E-state index is 0.0179. The van der Waals surface area contributed by atoms with Crippen molar-refractivity contribution in [2.45, 2.75) is 38.1 Å². The largest absolute Gasteiger partial charge is 0.394 e. The van der Waals surface area contributed by atoms with Crippen molar-refractivity contribution in [3.8, 4) is 0 Å². The first-order valence-corrected chi connectivity index (χ1v) is 10.8. The third-order valence-corrected chi connectivity index (χ3v) is 5.50. The highest BCUT2D eigenvalue weighted by Gasteiger charge is 2.14. The van der Waals surface area contributed by atoms with Gasteiger partial charge in [0.05, 0.1) is 11.5 Å². The number of benzene rings is 1. The molecule has 0 amide bonds. The number of nitrogens with one attached hydrogen (secondary N) is 3. The fourth-order valence-electron chi connectivity index (χ4n) is 2.36. The van der Waals surface area contributed by atoms with Crippen molar-refractivity contribution in [1.82, 2.24) is 14.7 Å². The first-order valence-electron chi connectivity index (χ1n) is 9.29. The monoisotopic (exact) mass is 405 g/mol. The molecule has 1 heterocycles. The summed E-state index contributed by atoms with van der Waals surface area (Å²) in [4.78, 5) is 8.83. The van der Waals surface area contributed by atoms with E-state index in [0.717, 1.165) is 11.9 Å². The predicted molar refractivity (Wildman–Crippen MR) is 115 cm³/mol. The van der Waals surface area contributed by atoms with Crippen molar-refractivity contribution in [1.29, 1.82) is 0 Å². The summed E-state index contributed by atoms with van der Waals surface area (Å²) in [6, 6.07) is 6.37. The number of aromatic nitrogens is 2. The van der Waals surface area contributed by atoms with Gasteiger partial charge in [0.15, 0.2) is 0 Å². The van der Waals surface area contributed by atoms with Gasteiger partial charge in [0.25, 0.3) is 0 Å². The highest BCUT2D eigenvalue weighted by atomic mass is 32.2. The number of sulfonamides is 1. The molecule has 0 aliphatic heterocycles. The van der Waals surface area contributed by atoms with Crippen molar-refractivity contribution in [3.63, 3.8) is 0 Å². The van der Waals surface area contributed by atoms with Crippen LogP contribution in [0.4, 0.5) is 17.5 Å². The molecule has 0 saturated carbocycles. The standard InChI is InChI=1S/C18H28BN5O3S/c1-12(2)7-8-21-28(26,27)15-6-4-5-14(9-15)23-18-20-10-16(19)17(24-18)22-13(3)11-25/h4-6,9-10,12-13,21,25H,7-8,11,19H2,1-3H3,(H2,20,22,23,24)/t13-/m1/s1. The SMILES string of the molecule is Bc1cnc(Nc2cccc(S(=O)(=O)NCCC(C)C)c2)nc1N[C@H](C)CO. The fraction of sp³-hybridized carbons (Fsp3) is 0.444. The van der Waals surface area contributed by atoms with Crippen LogP contribution in [0.2, 0.25) is 0 Å². The summed E-state index contributed by atoms with van der Waals surface area (Å²) in [5.74, 6) is 1.37. The Balaban J connectivity index is 2.15. The molecule has 0 fully saturated rings. The zero-order valence-corrected chi connectivity index (χ0v) is 17.5. The lowest BCUT2D eigenvalue weighted by atomic mass is 9.99. The predicted octanol–water partition coefficient (Wildman–Crippen LogP) is 0.596. The van der Waals surface area contributed by atoms with Crippen molar-refractivity contribution >= 4 is 40.8 Å². The van der Waals surface area contributed by atoms with Crippen LogP contribution in [0, 0.1) is 5.92 Å². The van der Waals surface area contributed by atoms with Gasteiger partial charge in [-0.05, 0) is 42.9 Å². The van der Waals surface area contributed by atoms with Gasteiger partial charge < -0.3 is 15.7 Å². The molecule has 0 unspecified atom stereocenters. The van der Waals surface area contributed by atoms with Crippen LogP contribution in [-0.4, -0.2) is 50.5 Å². The van der Waals surface area contributed by atoms with E-state index in [1.807, 2.05) is 28.6 Å². The van der Waals surface area contributed by atoms with Crippen molar-refractivity contribution in [2.75, 3.05) is 23.8 Å². The normalized spacial score (nSPS) is 12.8. The van der Waals surface area contributed by atoms with Crippen LogP contribution in [0.1, 0.15) is 27.2 Å². The lowest BCUT2D eigenvalue weighted by Gasteiger charge is -2.15. The molecule has 0 spiro atoms. The summed E-state index contributed by atoms with van der Waals surface area (Å²) in [5.41, 5.74) is 1.41. The number of nitrogens with zero attached hydrogens (tertiary/aromatic N) is 2. The van der Waals surface area contributed by atoms with Gasteiger partial charge in [0.1, 0.15) is 13.7 Å². The van der Waals surface area contributed by atoms with E-state index in [2.05, 4.69) is 25.3 Å². The summed E-state index contributed by atoms with van der Waals surface area (Å²) >= 11 is 0. The van der Waals surface area contributed by atoms with Crippen molar-refractivity contribution < 1.29 is 13.5 Å². The number of hydrogen-bond acceptors (Lipinski definition) is 7. The maximum atomic E-state index is 12.5. The second kappa shape index (κ2) is 9.86. The highest BCUT2D eigenvalue weighted by molar-refractivity contribution is 7.89. The number of anilines is 3. The Morgan fingerprint density at radius 1 is 1.25 bits per heavy atom. The number of aliphatic hydroxyl groups is 1. The van der Waals surface area contributed by atoms with E-state index in [1.165, 1.54) is 0 Å². The quantitative estimate of drug-likeness (QED) is 0.428. The zero-order valence-electron chi connectivity index (χ0n) is 16.7. The molecule has 1 aromatic heterocycles. The summed E-state index contributed by atoms with van der Waals surface area (Å²) in [6.45, 7) is 6.32. The third kappa shape index (κ3) is 6.47. The van der Waals surface area contributed by atoms with Gasteiger partial charge in [-0.15, -0.1) is 0 Å². The molecule has 152 valence electrons. The molecule has 1 aromatic carbocycles. The lowest BCUT2D eigenvalue weighted by molar-refractivity contribution is 0.281. The van der Waals surface area contributed by atoms with Crippen molar-refractivity contribution in [3.05, 3.63) is 30.5 Å². The Morgan fingerprint density at radius 2 is 2.00 bits per heavy atom. The first kappa shape index (κ1) is 22.1. The van der Waals surface area contributed by atoms with Gasteiger partial charge in [0.2, 0.25) is 16.0 Å². The van der Waals surface area contributed by atoms with Crippen LogP contribution >= 0.6 is 0 Å². The molecule has 28 heavy (non-hydrogen) atoms. The smallest absolute Gasteiger partial charge is 0.240 e. The third-order valence-electron chi connectivity index (χ3n) is 4.04. The summed E-state index contributed by atoms with van der Waals surface area (Å²) in [6.07, 6.45) is 2.44. The Kier molecular flexibility index (Phi) is 7.79. The maximum absolute atomic E-state index is 12.5. The van der Waals surface area contributed by atoms with Gasteiger partial charge in [-0.2, -0.15) is 4.98 Å². The topological polar surface area (TPSA) is 116 Å². The second-order valence-electron chi connectivity index (χ2n) is 7.19. The van der Waals surface area contributed by atoms with E-state index in [1.54, 1.807) is 30.5 Å². The van der Waals surface area contributed by atoms with E-state index < -0.39 is 10.0 Å². The molecule has 0 radical (unpaired) electrons. The number of hydrogen-bond donors (Lipinski definition) is 4. The van der Waals surface area contributed by atoms with Crippen LogP contribution in [0.25, 0.3) is 0 Å². The highest BCUT2D eigenvalue weighted by Crippen LogP contribution is 2.18. The number of rotatable bonds is 10. The van der Waals surface area contributed by atoms with Crippen LogP contribution in [0.15, 0.2) is 35.4 Å². The van der Waals surface area contributed by atoms with Gasteiger partial charge in [-0.25, -0.2) is 18.1 Å². The summed E-state index contributed by atoms with van der Waals surface area (Å²) in [7, 11) is -1.71. The maximum Gasteiger partial charge on any atom is 0.240 e. The minimum atomic E-state index is -3.58. The fourth-order valence-corrected chi connectivity index (χ4v) is 3.46. The molecule has 0 aliphatic carbocycles. The molecule has 2 aromatic rings. The minimum Gasteiger partial charge on any atom is -0.394 e. The lowest BCUT2D eigenvalue weighted by Crippen LogP contribution is -2.26. The van der Waals surface area contributed by atoms with Crippen LogP contribution in [-0.2, 0) is 10.0 Å². The van der Waals surface area contributed by atoms with Gasteiger partial charge in [0, 0.05) is 24.5 Å². The average molecular weight is 405 g/mol. The molecule has 1 atom stereocenters. The molecule has 10 heteroatoms. The van der Waals surface area contributed by atoms with Crippen LogP contribution in [0.3, 0.4) is 0 Å². The van der Waals surface area contributed by atoms with Crippen molar-refractivity contribution in [2.24, 2.45) is 5.92 Å². The van der Waals surface area contributed by atoms with E-state index in [9.17, 15) is 13.5 Å². The first-order chi connectivity index (χ1) is 13.2. The van der Waals surface area contributed by atoms with Crippen LogP contribution in [0.5, 0.6) is 0 Å². The number of aliphatic hydroxyl groups excluding tert-OH is 1. The molecule has 0 aliphatic rings. The Labute approximate surface area is 167 Å². The molecule has 2 rings (SSSR count). The molecule has 8 nitrogen and oxygen atoms in total. The zero-order chi connectivity index (χ0) is 20.7. The second-order valence-corrected chi connectivity index (χ2v) is 8.95. The Bertz CT molecular complexity index is 893. The van der Waals surface area contributed by atoms with Gasteiger partial charge in [-0.1, -0.05) is 19.9 Å². The van der Waals surface area contributed by atoms with Gasteiger partial charge in [-0.3, -0.25) is 0 Å². The average Bonchev–Trinajstić information content (AvgIpc) is 2.64.